The average Bonchev–Trinajstić information content (AvgIpc) is 2.66. The van der Waals surface area contributed by atoms with Gasteiger partial charge >= 0.3 is 0 Å². The first-order valence-corrected chi connectivity index (χ1v) is 6.81. The third-order valence-electron chi connectivity index (χ3n) is 3.71. The van der Waals surface area contributed by atoms with E-state index in [2.05, 4.69) is 5.32 Å². The van der Waals surface area contributed by atoms with Gasteiger partial charge < -0.3 is 16.0 Å². The second-order valence-corrected chi connectivity index (χ2v) is 5.86. The van der Waals surface area contributed by atoms with Crippen molar-refractivity contribution in [3.05, 3.63) is 29.3 Å². The number of nitrogen functional groups attached to an aromatic ring is 1. The zero-order chi connectivity index (χ0) is 14.9. The maximum Gasteiger partial charge on any atom is 0.255 e. The van der Waals surface area contributed by atoms with Gasteiger partial charge in [-0.3, -0.25) is 9.59 Å². The molecule has 0 atom stereocenters. The van der Waals surface area contributed by atoms with Gasteiger partial charge in [-0.25, -0.2) is 0 Å². The van der Waals surface area contributed by atoms with Gasteiger partial charge in [0.1, 0.15) is 6.54 Å². The number of hydrogen-bond donors (Lipinski definition) is 2. The predicted molar refractivity (Wildman–Crippen MR) is 78.1 cm³/mol. The quantitative estimate of drug-likeness (QED) is 0.818. The number of anilines is 1. The van der Waals surface area contributed by atoms with Crippen molar-refractivity contribution in [2.75, 3.05) is 12.3 Å². The molecule has 2 amide bonds. The molecule has 0 saturated carbocycles. The highest BCUT2D eigenvalue weighted by atomic mass is 16.2. The molecule has 0 saturated heterocycles. The topological polar surface area (TPSA) is 75.4 Å². The minimum Gasteiger partial charge on any atom is -0.399 e. The summed E-state index contributed by atoms with van der Waals surface area (Å²) in [6, 6.07) is 5.29. The van der Waals surface area contributed by atoms with Gasteiger partial charge in [-0.2, -0.15) is 0 Å². The van der Waals surface area contributed by atoms with Crippen LogP contribution >= 0.6 is 0 Å². The summed E-state index contributed by atoms with van der Waals surface area (Å²) >= 11 is 0. The summed E-state index contributed by atoms with van der Waals surface area (Å²) in [5.74, 6) is -0.261. The minimum absolute atomic E-state index is 0.0802. The molecular formula is C15H21N3O2. The maximum atomic E-state index is 12.2. The molecule has 0 spiro atoms. The molecule has 1 heterocycles. The van der Waals surface area contributed by atoms with Crippen LogP contribution < -0.4 is 11.1 Å². The molecule has 0 aromatic heterocycles. The molecule has 20 heavy (non-hydrogen) atoms. The number of carbonyl (C=O) groups excluding carboxylic acids is 2. The van der Waals surface area contributed by atoms with E-state index in [0.717, 1.165) is 12.0 Å². The molecule has 2 rings (SSSR count). The molecule has 1 aromatic rings. The first kappa shape index (κ1) is 14.4. The lowest BCUT2D eigenvalue weighted by Crippen LogP contribution is -2.47. The van der Waals surface area contributed by atoms with Crippen LogP contribution in [0.15, 0.2) is 18.2 Å². The number of nitrogens with two attached hydrogens (primary N) is 1. The molecule has 0 bridgehead atoms. The predicted octanol–water partition coefficient (Wildman–Crippen LogP) is 1.53. The van der Waals surface area contributed by atoms with Gasteiger partial charge in [-0.1, -0.05) is 13.0 Å². The first-order chi connectivity index (χ1) is 9.32. The largest absolute Gasteiger partial charge is 0.399 e. The molecule has 1 aliphatic rings. The van der Waals surface area contributed by atoms with E-state index >= 15 is 0 Å². The molecule has 0 unspecified atom stereocenters. The zero-order valence-electron chi connectivity index (χ0n) is 12.2. The summed E-state index contributed by atoms with van der Waals surface area (Å²) < 4.78 is 0. The standard InChI is InChI=1S/C15H21N3O2/c1-4-15(2,3)17-13(19)9-18-8-10-5-6-11(16)7-12(10)14(18)20/h5-7H,4,8-9,16H2,1-3H3,(H,17,19). The smallest absolute Gasteiger partial charge is 0.255 e. The third-order valence-corrected chi connectivity index (χ3v) is 3.71. The molecule has 0 fully saturated rings. The molecule has 0 radical (unpaired) electrons. The monoisotopic (exact) mass is 275 g/mol. The number of fused-ring (bicyclic) bond motifs is 1. The van der Waals surface area contributed by atoms with E-state index < -0.39 is 0 Å². The van der Waals surface area contributed by atoms with E-state index in [9.17, 15) is 9.59 Å². The summed E-state index contributed by atoms with van der Waals surface area (Å²) in [4.78, 5) is 25.8. The van der Waals surface area contributed by atoms with Gasteiger partial charge in [0, 0.05) is 23.3 Å². The van der Waals surface area contributed by atoms with Crippen molar-refractivity contribution in [1.82, 2.24) is 10.2 Å². The van der Waals surface area contributed by atoms with Crippen LogP contribution in [-0.2, 0) is 11.3 Å². The number of carbonyl (C=O) groups is 2. The number of nitrogens with one attached hydrogen (secondary N) is 1. The number of amides is 2. The highest BCUT2D eigenvalue weighted by molar-refractivity contribution is 6.01. The molecule has 5 nitrogen and oxygen atoms in total. The van der Waals surface area contributed by atoms with E-state index in [4.69, 9.17) is 5.73 Å². The van der Waals surface area contributed by atoms with Crippen LogP contribution in [0.25, 0.3) is 0 Å². The number of hydrogen-bond acceptors (Lipinski definition) is 3. The van der Waals surface area contributed by atoms with Gasteiger partial charge in [-0.05, 0) is 38.0 Å². The Balaban J connectivity index is 2.03. The minimum atomic E-state index is -0.253. The molecule has 1 aliphatic heterocycles. The first-order valence-electron chi connectivity index (χ1n) is 6.81. The van der Waals surface area contributed by atoms with Crippen LogP contribution in [0.1, 0.15) is 43.1 Å². The van der Waals surface area contributed by atoms with Crippen LogP contribution in [0.3, 0.4) is 0 Å². The van der Waals surface area contributed by atoms with Crippen molar-refractivity contribution in [2.45, 2.75) is 39.3 Å². The van der Waals surface area contributed by atoms with E-state index in [0.29, 0.717) is 17.8 Å². The molecule has 5 heteroatoms. The summed E-state index contributed by atoms with van der Waals surface area (Å²) in [5.41, 5.74) is 7.53. The van der Waals surface area contributed by atoms with Gasteiger partial charge in [-0.15, -0.1) is 0 Å². The number of benzene rings is 1. The van der Waals surface area contributed by atoms with E-state index in [1.54, 1.807) is 17.0 Å². The lowest BCUT2D eigenvalue weighted by atomic mass is 10.0. The van der Waals surface area contributed by atoms with Crippen LogP contribution in [0.4, 0.5) is 5.69 Å². The Morgan fingerprint density at radius 1 is 1.45 bits per heavy atom. The Morgan fingerprint density at radius 3 is 2.80 bits per heavy atom. The van der Waals surface area contributed by atoms with E-state index in [1.165, 1.54) is 0 Å². The van der Waals surface area contributed by atoms with Crippen LogP contribution in [0.5, 0.6) is 0 Å². The van der Waals surface area contributed by atoms with Gasteiger partial charge in [0.05, 0.1) is 0 Å². The molecule has 108 valence electrons. The Morgan fingerprint density at radius 2 is 2.15 bits per heavy atom. The highest BCUT2D eigenvalue weighted by Crippen LogP contribution is 2.24. The van der Waals surface area contributed by atoms with Crippen molar-refractivity contribution < 1.29 is 9.59 Å². The molecule has 0 aliphatic carbocycles. The average molecular weight is 275 g/mol. The Hall–Kier alpha value is -2.04. The Bertz CT molecular complexity index is 552. The van der Waals surface area contributed by atoms with Gasteiger partial charge in [0.15, 0.2) is 0 Å². The summed E-state index contributed by atoms with van der Waals surface area (Å²) in [7, 11) is 0. The zero-order valence-corrected chi connectivity index (χ0v) is 12.2. The van der Waals surface area contributed by atoms with Crippen LogP contribution in [0.2, 0.25) is 0 Å². The molecular weight excluding hydrogens is 254 g/mol. The highest BCUT2D eigenvalue weighted by Gasteiger charge is 2.29. The summed E-state index contributed by atoms with van der Waals surface area (Å²) in [5, 5.41) is 2.93. The van der Waals surface area contributed by atoms with Gasteiger partial charge in [0.2, 0.25) is 5.91 Å². The van der Waals surface area contributed by atoms with Crippen molar-refractivity contribution in [1.29, 1.82) is 0 Å². The SMILES string of the molecule is CCC(C)(C)NC(=O)CN1Cc2ccc(N)cc2C1=O. The van der Waals surface area contributed by atoms with Crippen LogP contribution in [0, 0.1) is 0 Å². The van der Waals surface area contributed by atoms with Crippen LogP contribution in [-0.4, -0.2) is 28.8 Å². The van der Waals surface area contributed by atoms with E-state index in [-0.39, 0.29) is 23.9 Å². The lowest BCUT2D eigenvalue weighted by molar-refractivity contribution is -0.123. The second kappa shape index (κ2) is 5.15. The fourth-order valence-corrected chi connectivity index (χ4v) is 2.19. The van der Waals surface area contributed by atoms with Crippen molar-refractivity contribution >= 4 is 17.5 Å². The van der Waals surface area contributed by atoms with Gasteiger partial charge in [0.25, 0.3) is 5.91 Å². The second-order valence-electron chi connectivity index (χ2n) is 5.86. The fourth-order valence-electron chi connectivity index (χ4n) is 2.19. The van der Waals surface area contributed by atoms with Crippen molar-refractivity contribution in [2.24, 2.45) is 0 Å². The third kappa shape index (κ3) is 2.92. The lowest BCUT2D eigenvalue weighted by Gasteiger charge is -2.26. The Labute approximate surface area is 119 Å². The fraction of sp³-hybridized carbons (Fsp3) is 0.467. The Kier molecular flexibility index (Phi) is 3.70. The van der Waals surface area contributed by atoms with Crippen molar-refractivity contribution in [3.63, 3.8) is 0 Å². The van der Waals surface area contributed by atoms with Crippen molar-refractivity contribution in [3.8, 4) is 0 Å². The van der Waals surface area contributed by atoms with E-state index in [1.807, 2.05) is 26.8 Å². The summed E-state index contributed by atoms with van der Waals surface area (Å²) in [6.45, 7) is 6.49. The summed E-state index contributed by atoms with van der Waals surface area (Å²) in [6.07, 6.45) is 0.837. The maximum absolute atomic E-state index is 12.2. The number of nitrogens with zero attached hydrogens (tertiary/aromatic N) is 1. The number of rotatable bonds is 4. The molecule has 3 N–H and O–H groups in total. The normalized spacial score (nSPS) is 14.3. The molecule has 1 aromatic carbocycles.